The van der Waals surface area contributed by atoms with Crippen molar-refractivity contribution in [2.45, 2.75) is 25.6 Å². The van der Waals surface area contributed by atoms with Crippen LogP contribution in [0.25, 0.3) is 0 Å². The van der Waals surface area contributed by atoms with E-state index in [1.54, 1.807) is 0 Å². The van der Waals surface area contributed by atoms with Gasteiger partial charge >= 0.3 is 0 Å². The number of ether oxygens (including phenoxy) is 1. The van der Waals surface area contributed by atoms with E-state index in [9.17, 15) is 0 Å². The maximum Gasteiger partial charge on any atom is 0.178 e. The molecule has 1 heterocycles. The minimum Gasteiger partial charge on any atom is -0.351 e. The van der Waals surface area contributed by atoms with Crippen LogP contribution < -0.4 is 4.89 Å². The lowest BCUT2D eigenvalue weighted by molar-refractivity contribution is -0.177. The van der Waals surface area contributed by atoms with Gasteiger partial charge in [0.05, 0.1) is 0 Å². The van der Waals surface area contributed by atoms with Gasteiger partial charge in [-0.1, -0.05) is 11.9 Å². The fourth-order valence-electron chi connectivity index (χ4n) is 0.906. The predicted octanol–water partition coefficient (Wildman–Crippen LogP) is 1.31. The first-order valence-electron chi connectivity index (χ1n) is 3.48. The van der Waals surface area contributed by atoms with Gasteiger partial charge in [-0.3, -0.25) is 4.84 Å². The van der Waals surface area contributed by atoms with Crippen molar-refractivity contribution in [3.05, 3.63) is 0 Å². The van der Waals surface area contributed by atoms with Crippen LogP contribution in [-0.4, -0.2) is 19.2 Å². The van der Waals surface area contributed by atoms with Gasteiger partial charge < -0.3 is 4.74 Å². The first-order valence-corrected chi connectivity index (χ1v) is 4.71. The lowest BCUT2D eigenvalue weighted by atomic mass is 10.2. The van der Waals surface area contributed by atoms with Gasteiger partial charge in [0.25, 0.3) is 0 Å². The van der Waals surface area contributed by atoms with Crippen molar-refractivity contribution in [1.82, 2.24) is 4.89 Å². The first-order chi connectivity index (χ1) is 4.93. The molecular formula is C6H13NO2S. The maximum absolute atomic E-state index is 5.28. The van der Waals surface area contributed by atoms with E-state index in [1.165, 1.54) is 24.8 Å². The number of hydrogen-bond donors (Lipinski definition) is 1. The molecule has 1 saturated heterocycles. The summed E-state index contributed by atoms with van der Waals surface area (Å²) in [6.07, 6.45) is 5.28. The number of nitrogens with one attached hydrogen (secondary N) is 1. The molecule has 0 aromatic carbocycles. The molecule has 1 fully saturated rings. The Morgan fingerprint density at radius 2 is 2.50 bits per heavy atom. The van der Waals surface area contributed by atoms with Crippen LogP contribution in [0.2, 0.25) is 0 Å². The molecule has 1 unspecified atom stereocenters. The molecule has 4 heteroatoms. The molecule has 1 aliphatic rings. The van der Waals surface area contributed by atoms with E-state index < -0.39 is 0 Å². The quantitative estimate of drug-likeness (QED) is 0.502. The second kappa shape index (κ2) is 4.96. The van der Waals surface area contributed by atoms with Gasteiger partial charge in [-0.15, -0.1) is 4.89 Å². The Hall–Kier alpha value is 0.230. The van der Waals surface area contributed by atoms with Crippen LogP contribution in [0.3, 0.4) is 0 Å². The van der Waals surface area contributed by atoms with Gasteiger partial charge in [-0.2, -0.15) is 0 Å². The fraction of sp³-hybridized carbons (Fsp3) is 1.00. The highest BCUT2D eigenvalue weighted by atomic mass is 32.2. The van der Waals surface area contributed by atoms with E-state index in [-0.39, 0.29) is 6.29 Å². The highest BCUT2D eigenvalue weighted by Gasteiger charge is 2.13. The molecule has 0 aliphatic carbocycles. The summed E-state index contributed by atoms with van der Waals surface area (Å²) >= 11 is 1.44. The SMILES string of the molecule is CSNOC1CCCCO1. The number of hydrogen-bond acceptors (Lipinski definition) is 4. The first kappa shape index (κ1) is 8.33. The molecule has 3 nitrogen and oxygen atoms in total. The Morgan fingerprint density at radius 3 is 3.10 bits per heavy atom. The summed E-state index contributed by atoms with van der Waals surface area (Å²) in [5.41, 5.74) is 0. The van der Waals surface area contributed by atoms with Crippen molar-refractivity contribution in [3.63, 3.8) is 0 Å². The third-order valence-corrected chi connectivity index (χ3v) is 1.66. The van der Waals surface area contributed by atoms with Crippen LogP contribution in [0.1, 0.15) is 19.3 Å². The zero-order chi connectivity index (χ0) is 7.23. The Labute approximate surface area is 65.5 Å². The van der Waals surface area contributed by atoms with Gasteiger partial charge in [0, 0.05) is 13.0 Å². The second-order valence-electron chi connectivity index (χ2n) is 2.20. The zero-order valence-electron chi connectivity index (χ0n) is 6.13. The Morgan fingerprint density at radius 1 is 1.60 bits per heavy atom. The van der Waals surface area contributed by atoms with Gasteiger partial charge in [0.15, 0.2) is 6.29 Å². The molecule has 0 amide bonds. The van der Waals surface area contributed by atoms with E-state index >= 15 is 0 Å². The van der Waals surface area contributed by atoms with Crippen molar-refractivity contribution in [1.29, 1.82) is 0 Å². The lowest BCUT2D eigenvalue weighted by Gasteiger charge is -2.21. The monoisotopic (exact) mass is 163 g/mol. The molecule has 1 rings (SSSR count). The summed E-state index contributed by atoms with van der Waals surface area (Å²) in [7, 11) is 0. The van der Waals surface area contributed by atoms with E-state index in [4.69, 9.17) is 9.57 Å². The van der Waals surface area contributed by atoms with Crippen molar-refractivity contribution in [2.24, 2.45) is 0 Å². The van der Waals surface area contributed by atoms with Crippen LogP contribution >= 0.6 is 11.9 Å². The Kier molecular flexibility index (Phi) is 4.13. The average molecular weight is 163 g/mol. The summed E-state index contributed by atoms with van der Waals surface area (Å²) < 4.78 is 5.28. The molecule has 0 saturated carbocycles. The maximum atomic E-state index is 5.28. The largest absolute Gasteiger partial charge is 0.351 e. The summed E-state index contributed by atoms with van der Waals surface area (Å²) in [5, 5.41) is 0. The molecular weight excluding hydrogens is 150 g/mol. The number of rotatable bonds is 3. The molecule has 0 aromatic heterocycles. The van der Waals surface area contributed by atoms with Gasteiger partial charge in [0.1, 0.15) is 0 Å². The molecule has 0 radical (unpaired) electrons. The van der Waals surface area contributed by atoms with Crippen molar-refractivity contribution < 1.29 is 9.57 Å². The van der Waals surface area contributed by atoms with Crippen LogP contribution in [-0.2, 0) is 9.57 Å². The molecule has 1 N–H and O–H groups in total. The third-order valence-electron chi connectivity index (χ3n) is 1.40. The van der Waals surface area contributed by atoms with E-state index in [0.717, 1.165) is 13.0 Å². The van der Waals surface area contributed by atoms with Crippen LogP contribution in [0.15, 0.2) is 0 Å². The average Bonchev–Trinajstić information content (AvgIpc) is 2.03. The molecule has 0 bridgehead atoms. The molecule has 10 heavy (non-hydrogen) atoms. The summed E-state index contributed by atoms with van der Waals surface area (Å²) in [4.78, 5) is 7.83. The van der Waals surface area contributed by atoms with Gasteiger partial charge in [-0.25, -0.2) is 0 Å². The van der Waals surface area contributed by atoms with Crippen molar-refractivity contribution >= 4 is 11.9 Å². The zero-order valence-corrected chi connectivity index (χ0v) is 6.95. The van der Waals surface area contributed by atoms with E-state index in [1.807, 2.05) is 6.26 Å². The molecule has 0 spiro atoms. The van der Waals surface area contributed by atoms with E-state index in [2.05, 4.69) is 4.89 Å². The highest BCUT2D eigenvalue weighted by molar-refractivity contribution is 7.96. The fourth-order valence-corrected chi connectivity index (χ4v) is 1.11. The van der Waals surface area contributed by atoms with Crippen molar-refractivity contribution in [2.75, 3.05) is 12.9 Å². The van der Waals surface area contributed by atoms with Crippen molar-refractivity contribution in [3.8, 4) is 0 Å². The minimum atomic E-state index is -0.0267. The molecule has 1 aliphatic heterocycles. The minimum absolute atomic E-state index is 0.0267. The van der Waals surface area contributed by atoms with Crippen LogP contribution in [0, 0.1) is 0 Å². The summed E-state index contributed by atoms with van der Waals surface area (Å²) in [6.45, 7) is 0.834. The predicted molar refractivity (Wildman–Crippen MR) is 41.3 cm³/mol. The van der Waals surface area contributed by atoms with E-state index in [0.29, 0.717) is 0 Å². The standard InChI is InChI=1S/C6H13NO2S/c1-10-7-9-6-4-2-3-5-8-6/h6-7H,2-5H2,1H3. The van der Waals surface area contributed by atoms with Gasteiger partial charge in [0.2, 0.25) is 0 Å². The normalized spacial score (nSPS) is 26.7. The molecule has 60 valence electrons. The third kappa shape index (κ3) is 2.88. The molecule has 0 aromatic rings. The smallest absolute Gasteiger partial charge is 0.178 e. The summed E-state index contributed by atoms with van der Waals surface area (Å²) in [6, 6.07) is 0. The highest BCUT2D eigenvalue weighted by Crippen LogP contribution is 2.12. The Bertz CT molecular complexity index is 85.8. The molecule has 1 atom stereocenters. The van der Waals surface area contributed by atoms with Crippen LogP contribution in [0.4, 0.5) is 0 Å². The summed E-state index contributed by atoms with van der Waals surface area (Å²) in [5.74, 6) is 0. The topological polar surface area (TPSA) is 30.5 Å². The van der Waals surface area contributed by atoms with Gasteiger partial charge in [-0.05, 0) is 19.1 Å². The van der Waals surface area contributed by atoms with Crippen LogP contribution in [0.5, 0.6) is 0 Å². The lowest BCUT2D eigenvalue weighted by Crippen LogP contribution is -2.26. The second-order valence-corrected chi connectivity index (χ2v) is 2.78. The Balaban J connectivity index is 2.02.